The lowest BCUT2D eigenvalue weighted by Crippen LogP contribution is -2.29. The van der Waals surface area contributed by atoms with Gasteiger partial charge >= 0.3 is 0 Å². The molecule has 0 fully saturated rings. The number of hydrogen-bond acceptors (Lipinski definition) is 3. The van der Waals surface area contributed by atoms with E-state index in [0.29, 0.717) is 10.6 Å². The van der Waals surface area contributed by atoms with Gasteiger partial charge in [-0.1, -0.05) is 12.1 Å². The van der Waals surface area contributed by atoms with Gasteiger partial charge in [-0.3, -0.25) is 4.79 Å². The molecule has 2 rings (SSSR count). The molecule has 2 aromatic carbocycles. The molecule has 6 heteroatoms. The van der Waals surface area contributed by atoms with Gasteiger partial charge in [-0.2, -0.15) is 0 Å². The number of nitrogens with one attached hydrogen (secondary N) is 2. The third kappa shape index (κ3) is 4.39. The zero-order valence-corrected chi connectivity index (χ0v) is 17.8. The molecule has 1 unspecified atom stereocenters. The average molecular weight is 389 g/mol. The number of hydrogen-bond donors (Lipinski definition) is 2. The van der Waals surface area contributed by atoms with Crippen LogP contribution in [0.25, 0.3) is 0 Å². The summed E-state index contributed by atoms with van der Waals surface area (Å²) in [4.78, 5) is 11.6. The van der Waals surface area contributed by atoms with Crippen molar-refractivity contribution in [3.63, 3.8) is 0 Å². The molecule has 0 aliphatic rings. The van der Waals surface area contributed by atoms with Crippen LogP contribution in [-0.2, 0) is 14.8 Å². The monoisotopic (exact) mass is 388 g/mol. The standard InChI is InChI=1S/C21H28N2O3S/c1-12-13(2)15(4)21(16(5)14(12)3)27(25,26)23-17(6)19-9-8-10-20(11-19)22-18(7)24/h8-11,17,23H,1-7H3,(H,22,24). The van der Waals surface area contributed by atoms with Crippen molar-refractivity contribution in [3.8, 4) is 0 Å². The Bertz CT molecular complexity index is 966. The molecule has 0 radical (unpaired) electrons. The van der Waals surface area contributed by atoms with E-state index in [1.165, 1.54) is 6.92 Å². The first-order valence-corrected chi connectivity index (χ1v) is 10.4. The molecule has 146 valence electrons. The van der Waals surface area contributed by atoms with Gasteiger partial charge in [0.15, 0.2) is 0 Å². The van der Waals surface area contributed by atoms with Crippen LogP contribution in [0.5, 0.6) is 0 Å². The Hall–Kier alpha value is -2.18. The summed E-state index contributed by atoms with van der Waals surface area (Å²) in [5.41, 5.74) is 6.10. The number of anilines is 1. The van der Waals surface area contributed by atoms with Gasteiger partial charge in [0.05, 0.1) is 4.90 Å². The number of sulfonamides is 1. The molecule has 0 aliphatic heterocycles. The second kappa shape index (κ2) is 7.82. The second-order valence-corrected chi connectivity index (χ2v) is 8.75. The van der Waals surface area contributed by atoms with Crippen molar-refractivity contribution in [2.75, 3.05) is 5.32 Å². The first-order chi connectivity index (χ1) is 12.5. The van der Waals surface area contributed by atoms with E-state index in [9.17, 15) is 13.2 Å². The predicted molar refractivity (Wildman–Crippen MR) is 110 cm³/mol. The van der Waals surface area contributed by atoms with E-state index in [0.717, 1.165) is 33.4 Å². The highest BCUT2D eigenvalue weighted by Crippen LogP contribution is 2.30. The minimum absolute atomic E-state index is 0.169. The van der Waals surface area contributed by atoms with Crippen molar-refractivity contribution in [2.45, 2.75) is 59.4 Å². The maximum absolute atomic E-state index is 13.2. The summed E-state index contributed by atoms with van der Waals surface area (Å²) in [6, 6.07) is 6.74. The van der Waals surface area contributed by atoms with Crippen molar-refractivity contribution in [2.24, 2.45) is 0 Å². The van der Waals surface area contributed by atoms with Gasteiger partial charge in [0, 0.05) is 18.7 Å². The van der Waals surface area contributed by atoms with Crippen LogP contribution in [-0.4, -0.2) is 14.3 Å². The molecule has 5 nitrogen and oxygen atoms in total. The summed E-state index contributed by atoms with van der Waals surface area (Å²) >= 11 is 0. The number of carbonyl (C=O) groups is 1. The first-order valence-electron chi connectivity index (χ1n) is 8.92. The van der Waals surface area contributed by atoms with Gasteiger partial charge < -0.3 is 5.32 Å². The van der Waals surface area contributed by atoms with Crippen LogP contribution >= 0.6 is 0 Å². The third-order valence-electron chi connectivity index (χ3n) is 5.24. The van der Waals surface area contributed by atoms with Crippen molar-refractivity contribution >= 4 is 21.6 Å². The van der Waals surface area contributed by atoms with Crippen molar-refractivity contribution in [1.82, 2.24) is 4.72 Å². The number of benzene rings is 2. The van der Waals surface area contributed by atoms with Gasteiger partial charge in [0.25, 0.3) is 0 Å². The fourth-order valence-electron chi connectivity index (χ4n) is 3.32. The van der Waals surface area contributed by atoms with E-state index in [1.807, 2.05) is 40.7 Å². The fraction of sp³-hybridized carbons (Fsp3) is 0.381. The Morgan fingerprint density at radius 3 is 1.96 bits per heavy atom. The minimum Gasteiger partial charge on any atom is -0.326 e. The van der Waals surface area contributed by atoms with Crippen LogP contribution in [0.3, 0.4) is 0 Å². The normalized spacial score (nSPS) is 12.7. The van der Waals surface area contributed by atoms with Gasteiger partial charge in [-0.25, -0.2) is 13.1 Å². The number of amides is 1. The highest BCUT2D eigenvalue weighted by molar-refractivity contribution is 7.89. The van der Waals surface area contributed by atoms with Gasteiger partial charge in [0.1, 0.15) is 0 Å². The SMILES string of the molecule is CC(=O)Nc1cccc(C(C)NS(=O)(=O)c2c(C)c(C)c(C)c(C)c2C)c1. The van der Waals surface area contributed by atoms with Crippen LogP contribution in [0, 0.1) is 34.6 Å². The molecule has 1 amide bonds. The molecular weight excluding hydrogens is 360 g/mol. The van der Waals surface area contributed by atoms with E-state index in [4.69, 9.17) is 0 Å². The molecule has 0 aromatic heterocycles. The van der Waals surface area contributed by atoms with Gasteiger partial charge in [-0.15, -0.1) is 0 Å². The van der Waals surface area contributed by atoms with E-state index in [1.54, 1.807) is 25.1 Å². The highest BCUT2D eigenvalue weighted by Gasteiger charge is 2.25. The number of rotatable bonds is 5. The Kier molecular flexibility index (Phi) is 6.12. The van der Waals surface area contributed by atoms with Crippen molar-refractivity contribution in [1.29, 1.82) is 0 Å². The number of carbonyl (C=O) groups excluding carboxylic acids is 1. The van der Waals surface area contributed by atoms with Gasteiger partial charge in [0.2, 0.25) is 15.9 Å². The predicted octanol–water partition coefficient (Wildman–Crippen LogP) is 4.23. The minimum atomic E-state index is -3.70. The molecule has 0 saturated carbocycles. The van der Waals surface area contributed by atoms with Crippen LogP contribution in [0.15, 0.2) is 29.2 Å². The first kappa shape index (κ1) is 21.1. The maximum Gasteiger partial charge on any atom is 0.241 e. The van der Waals surface area contributed by atoms with E-state index < -0.39 is 16.1 Å². The molecular formula is C21H28N2O3S. The highest BCUT2D eigenvalue weighted by atomic mass is 32.2. The van der Waals surface area contributed by atoms with E-state index in [2.05, 4.69) is 10.0 Å². The smallest absolute Gasteiger partial charge is 0.241 e. The molecule has 0 bridgehead atoms. The lowest BCUT2D eigenvalue weighted by atomic mass is 9.95. The summed E-state index contributed by atoms with van der Waals surface area (Å²) in [5.74, 6) is -0.169. The molecule has 1 atom stereocenters. The van der Waals surface area contributed by atoms with Gasteiger partial charge in [-0.05, 0) is 87.1 Å². The molecule has 0 heterocycles. The lowest BCUT2D eigenvalue weighted by Gasteiger charge is -2.21. The summed E-state index contributed by atoms with van der Waals surface area (Å²) in [6.45, 7) is 12.9. The topological polar surface area (TPSA) is 75.3 Å². The Balaban J connectivity index is 2.41. The Morgan fingerprint density at radius 2 is 1.44 bits per heavy atom. The van der Waals surface area contributed by atoms with Crippen LogP contribution < -0.4 is 10.0 Å². The maximum atomic E-state index is 13.2. The lowest BCUT2D eigenvalue weighted by molar-refractivity contribution is -0.114. The third-order valence-corrected chi connectivity index (χ3v) is 7.05. The fourth-order valence-corrected chi connectivity index (χ4v) is 5.15. The van der Waals surface area contributed by atoms with Crippen molar-refractivity contribution in [3.05, 3.63) is 57.6 Å². The van der Waals surface area contributed by atoms with Crippen LogP contribution in [0.2, 0.25) is 0 Å². The quantitative estimate of drug-likeness (QED) is 0.805. The second-order valence-electron chi connectivity index (χ2n) is 7.10. The Labute approximate surface area is 162 Å². The van der Waals surface area contributed by atoms with E-state index >= 15 is 0 Å². The summed E-state index contributed by atoms with van der Waals surface area (Å²) < 4.78 is 29.1. The molecule has 0 saturated heterocycles. The summed E-state index contributed by atoms with van der Waals surface area (Å²) in [7, 11) is -3.70. The average Bonchev–Trinajstić information content (AvgIpc) is 2.57. The molecule has 2 aromatic rings. The summed E-state index contributed by atoms with van der Waals surface area (Å²) in [5, 5.41) is 2.72. The zero-order chi connectivity index (χ0) is 20.5. The Morgan fingerprint density at radius 1 is 0.926 bits per heavy atom. The molecule has 0 spiro atoms. The molecule has 27 heavy (non-hydrogen) atoms. The van der Waals surface area contributed by atoms with Crippen LogP contribution in [0.4, 0.5) is 5.69 Å². The largest absolute Gasteiger partial charge is 0.326 e. The zero-order valence-electron chi connectivity index (χ0n) is 17.0. The molecule has 0 aliphatic carbocycles. The molecule has 2 N–H and O–H groups in total. The van der Waals surface area contributed by atoms with Crippen LogP contribution in [0.1, 0.15) is 53.3 Å². The summed E-state index contributed by atoms with van der Waals surface area (Å²) in [6.07, 6.45) is 0. The van der Waals surface area contributed by atoms with E-state index in [-0.39, 0.29) is 5.91 Å². The van der Waals surface area contributed by atoms with Crippen molar-refractivity contribution < 1.29 is 13.2 Å².